The van der Waals surface area contributed by atoms with Gasteiger partial charge in [-0.2, -0.15) is 13.2 Å². The molecule has 0 aromatic heterocycles. The molecule has 1 fully saturated rings. The van der Waals surface area contributed by atoms with Crippen LogP contribution in [0.4, 0.5) is 13.2 Å². The third-order valence-corrected chi connectivity index (χ3v) is 3.74. The molecule has 0 bridgehead atoms. The Morgan fingerprint density at radius 1 is 1.32 bits per heavy atom. The number of hydrogen-bond acceptors (Lipinski definition) is 3. The second-order valence-corrected chi connectivity index (χ2v) is 5.66. The predicted molar refractivity (Wildman–Crippen MR) is 73.6 cm³/mol. The van der Waals surface area contributed by atoms with Crippen LogP contribution in [-0.2, 0) is 11.3 Å². The van der Waals surface area contributed by atoms with Gasteiger partial charge in [-0.05, 0) is 23.6 Å². The van der Waals surface area contributed by atoms with Gasteiger partial charge in [0.25, 0.3) is 0 Å². The zero-order valence-electron chi connectivity index (χ0n) is 12.1. The lowest BCUT2D eigenvalue weighted by Crippen LogP contribution is -2.23. The predicted octanol–water partition coefficient (Wildman–Crippen LogP) is 2.78. The molecule has 1 N–H and O–H groups in total. The molecule has 1 aromatic rings. The number of hydrogen-bond donors (Lipinski definition) is 1. The molecule has 1 saturated heterocycles. The molecule has 1 aliphatic heterocycles. The van der Waals surface area contributed by atoms with E-state index in [2.05, 4.69) is 4.74 Å². The second kappa shape index (κ2) is 6.56. The van der Waals surface area contributed by atoms with Crippen LogP contribution in [0.1, 0.15) is 12.5 Å². The Bertz CT molecular complexity index is 516. The molecule has 2 atom stereocenters. The van der Waals surface area contributed by atoms with Gasteiger partial charge in [-0.25, -0.2) is 0 Å². The number of carbonyl (C=O) groups is 1. The maximum atomic E-state index is 12.1. The van der Waals surface area contributed by atoms with Gasteiger partial charge in [0.1, 0.15) is 5.75 Å². The minimum atomic E-state index is -4.35. The van der Waals surface area contributed by atoms with E-state index in [1.54, 1.807) is 12.1 Å². The van der Waals surface area contributed by atoms with Crippen LogP contribution >= 0.6 is 0 Å². The maximum Gasteiger partial charge on any atom is 0.422 e. The Hall–Kier alpha value is -1.76. The summed E-state index contributed by atoms with van der Waals surface area (Å²) in [6, 6.07) is 6.39. The number of carboxylic acids is 1. The zero-order chi connectivity index (χ0) is 16.3. The number of likely N-dealkylation sites (tertiary alicyclic amines) is 1. The van der Waals surface area contributed by atoms with Crippen molar-refractivity contribution in [2.75, 3.05) is 19.7 Å². The average molecular weight is 317 g/mol. The lowest BCUT2D eigenvalue weighted by molar-refractivity contribution is -0.153. The summed E-state index contributed by atoms with van der Waals surface area (Å²) in [5, 5.41) is 9.09. The normalized spacial score (nSPS) is 22.7. The van der Waals surface area contributed by atoms with E-state index in [0.717, 1.165) is 5.56 Å². The van der Waals surface area contributed by atoms with E-state index in [-0.39, 0.29) is 17.6 Å². The first-order chi connectivity index (χ1) is 10.2. The highest BCUT2D eigenvalue weighted by Gasteiger charge is 2.34. The highest BCUT2D eigenvalue weighted by molar-refractivity contribution is 5.71. The molecule has 22 heavy (non-hydrogen) atoms. The van der Waals surface area contributed by atoms with Crippen LogP contribution in [0.25, 0.3) is 0 Å². The minimum absolute atomic E-state index is 0.0897. The number of benzene rings is 1. The number of nitrogens with zero attached hydrogens (tertiary/aromatic N) is 1. The molecule has 0 saturated carbocycles. The van der Waals surface area contributed by atoms with Crippen molar-refractivity contribution in [3.8, 4) is 5.75 Å². The molecule has 2 rings (SSSR count). The fraction of sp³-hybridized carbons (Fsp3) is 0.533. The monoisotopic (exact) mass is 317 g/mol. The van der Waals surface area contributed by atoms with Gasteiger partial charge in [-0.1, -0.05) is 19.1 Å². The topological polar surface area (TPSA) is 49.8 Å². The summed E-state index contributed by atoms with van der Waals surface area (Å²) >= 11 is 0. The van der Waals surface area contributed by atoms with E-state index >= 15 is 0 Å². The highest BCUT2D eigenvalue weighted by atomic mass is 19.4. The van der Waals surface area contributed by atoms with Crippen molar-refractivity contribution < 1.29 is 27.8 Å². The summed E-state index contributed by atoms with van der Waals surface area (Å²) in [7, 11) is 0. The summed E-state index contributed by atoms with van der Waals surface area (Å²) in [4.78, 5) is 13.1. The van der Waals surface area contributed by atoms with E-state index in [4.69, 9.17) is 5.11 Å². The van der Waals surface area contributed by atoms with Crippen LogP contribution in [0, 0.1) is 11.8 Å². The number of aliphatic carboxylic acids is 1. The second-order valence-electron chi connectivity index (χ2n) is 5.66. The van der Waals surface area contributed by atoms with Gasteiger partial charge < -0.3 is 9.84 Å². The van der Waals surface area contributed by atoms with Gasteiger partial charge in [0.15, 0.2) is 6.61 Å². The molecule has 122 valence electrons. The Labute approximate surface area is 126 Å². The van der Waals surface area contributed by atoms with Crippen molar-refractivity contribution in [1.82, 2.24) is 4.90 Å². The molecular weight excluding hydrogens is 299 g/mol. The molecule has 1 heterocycles. The maximum absolute atomic E-state index is 12.1. The van der Waals surface area contributed by atoms with Gasteiger partial charge in [0.05, 0.1) is 5.92 Å². The molecule has 0 spiro atoms. The van der Waals surface area contributed by atoms with E-state index < -0.39 is 18.8 Å². The quantitative estimate of drug-likeness (QED) is 0.907. The average Bonchev–Trinajstić information content (AvgIpc) is 2.78. The van der Waals surface area contributed by atoms with Gasteiger partial charge in [0.2, 0.25) is 0 Å². The van der Waals surface area contributed by atoms with Gasteiger partial charge in [-0.3, -0.25) is 9.69 Å². The Balaban J connectivity index is 1.88. The van der Waals surface area contributed by atoms with Crippen LogP contribution in [0.2, 0.25) is 0 Å². The molecule has 0 radical (unpaired) electrons. The van der Waals surface area contributed by atoms with Crippen LogP contribution < -0.4 is 4.74 Å². The fourth-order valence-electron chi connectivity index (χ4n) is 2.63. The molecule has 1 aromatic carbocycles. The summed E-state index contributed by atoms with van der Waals surface area (Å²) in [6.45, 7) is 2.36. The van der Waals surface area contributed by atoms with E-state index in [1.165, 1.54) is 12.1 Å². The molecule has 0 aliphatic carbocycles. The fourth-order valence-corrected chi connectivity index (χ4v) is 2.63. The first kappa shape index (κ1) is 16.6. The van der Waals surface area contributed by atoms with Crippen molar-refractivity contribution >= 4 is 5.97 Å². The number of alkyl halides is 3. The lowest BCUT2D eigenvalue weighted by Gasteiger charge is -2.16. The summed E-state index contributed by atoms with van der Waals surface area (Å²) in [5.41, 5.74) is 0.914. The van der Waals surface area contributed by atoms with Crippen molar-refractivity contribution in [1.29, 1.82) is 0 Å². The molecule has 7 heteroatoms. The lowest BCUT2D eigenvalue weighted by atomic mass is 9.99. The van der Waals surface area contributed by atoms with Gasteiger partial charge in [-0.15, -0.1) is 0 Å². The largest absolute Gasteiger partial charge is 0.484 e. The molecule has 0 amide bonds. The summed E-state index contributed by atoms with van der Waals surface area (Å²) in [6.07, 6.45) is -4.35. The van der Waals surface area contributed by atoms with Crippen LogP contribution in [-0.4, -0.2) is 41.8 Å². The smallest absolute Gasteiger partial charge is 0.422 e. The SMILES string of the molecule is C[C@@H]1CN(Cc2ccc(OCC(F)(F)F)cc2)C[C@H]1C(=O)O. The van der Waals surface area contributed by atoms with E-state index in [1.807, 2.05) is 11.8 Å². The standard InChI is InChI=1S/C15H18F3NO3/c1-10-6-19(8-13(10)14(20)21)7-11-2-4-12(5-3-11)22-9-15(16,17)18/h2-5,10,13H,6-9H2,1H3,(H,20,21)/t10-,13-/m1/s1. The van der Waals surface area contributed by atoms with Gasteiger partial charge >= 0.3 is 12.1 Å². The molecular formula is C15H18F3NO3. The molecule has 4 nitrogen and oxygen atoms in total. The van der Waals surface area contributed by atoms with Crippen molar-refractivity contribution in [2.45, 2.75) is 19.6 Å². The number of halogens is 3. The Morgan fingerprint density at radius 2 is 1.95 bits per heavy atom. The van der Waals surface area contributed by atoms with Crippen LogP contribution in [0.5, 0.6) is 5.75 Å². The Kier molecular flexibility index (Phi) is 4.95. The highest BCUT2D eigenvalue weighted by Crippen LogP contribution is 2.25. The van der Waals surface area contributed by atoms with Crippen LogP contribution in [0.15, 0.2) is 24.3 Å². The Morgan fingerprint density at radius 3 is 2.45 bits per heavy atom. The zero-order valence-corrected chi connectivity index (χ0v) is 12.1. The molecule has 1 aliphatic rings. The minimum Gasteiger partial charge on any atom is -0.484 e. The van der Waals surface area contributed by atoms with E-state index in [9.17, 15) is 18.0 Å². The number of rotatable bonds is 5. The molecule has 0 unspecified atom stereocenters. The summed E-state index contributed by atoms with van der Waals surface area (Å²) in [5.74, 6) is -0.897. The van der Waals surface area contributed by atoms with Crippen molar-refractivity contribution in [3.63, 3.8) is 0 Å². The first-order valence-electron chi connectivity index (χ1n) is 6.98. The third-order valence-electron chi connectivity index (χ3n) is 3.74. The van der Waals surface area contributed by atoms with Crippen molar-refractivity contribution in [3.05, 3.63) is 29.8 Å². The third kappa shape index (κ3) is 4.62. The summed E-state index contributed by atoms with van der Waals surface area (Å²) < 4.78 is 40.8. The van der Waals surface area contributed by atoms with E-state index in [0.29, 0.717) is 19.6 Å². The van der Waals surface area contributed by atoms with Crippen LogP contribution in [0.3, 0.4) is 0 Å². The van der Waals surface area contributed by atoms with Gasteiger partial charge in [0, 0.05) is 19.6 Å². The van der Waals surface area contributed by atoms with Crippen molar-refractivity contribution in [2.24, 2.45) is 11.8 Å². The first-order valence-corrected chi connectivity index (χ1v) is 6.98. The number of ether oxygens (including phenoxy) is 1. The number of carboxylic acid groups (broad SMARTS) is 1.